The Balaban J connectivity index is 2.85. The highest BCUT2D eigenvalue weighted by molar-refractivity contribution is 7.89. The molecular weight excluding hydrogens is 398 g/mol. The number of hydrogen-bond acceptors (Lipinski definition) is 6. The molecule has 1 rings (SSSR count). The van der Waals surface area contributed by atoms with Crippen molar-refractivity contribution in [3.8, 4) is 0 Å². The van der Waals surface area contributed by atoms with Gasteiger partial charge in [0.15, 0.2) is 6.61 Å². The van der Waals surface area contributed by atoms with E-state index in [9.17, 15) is 22.8 Å². The number of hydrogen-bond donors (Lipinski definition) is 2. The van der Waals surface area contributed by atoms with E-state index >= 15 is 0 Å². The molecule has 0 bridgehead atoms. The number of amides is 3. The van der Waals surface area contributed by atoms with E-state index in [1.807, 2.05) is 6.92 Å². The lowest BCUT2D eigenvalue weighted by atomic mass is 10.1. The Morgan fingerprint density at radius 3 is 2.31 bits per heavy atom. The maximum Gasteiger partial charge on any atom is 0.338 e. The van der Waals surface area contributed by atoms with Crippen molar-refractivity contribution in [3.05, 3.63) is 29.3 Å². The summed E-state index contributed by atoms with van der Waals surface area (Å²) in [7, 11) is -3.74. The molecule has 2 N–H and O–H groups in total. The molecule has 0 unspecified atom stereocenters. The van der Waals surface area contributed by atoms with Crippen molar-refractivity contribution in [3.63, 3.8) is 0 Å². The Labute approximate surface area is 171 Å². The quantitative estimate of drug-likeness (QED) is 0.580. The molecule has 0 heterocycles. The van der Waals surface area contributed by atoms with Crippen LogP contribution in [0.1, 0.15) is 50.0 Å². The molecule has 0 fully saturated rings. The Hall–Kier alpha value is -2.46. The molecule has 0 aliphatic rings. The van der Waals surface area contributed by atoms with Crippen LogP contribution in [0.5, 0.6) is 0 Å². The summed E-state index contributed by atoms with van der Waals surface area (Å²) in [5, 5.41) is 4.62. The van der Waals surface area contributed by atoms with Crippen LogP contribution in [0, 0.1) is 6.92 Å². The lowest BCUT2D eigenvalue weighted by molar-refractivity contribution is -0.123. The van der Waals surface area contributed by atoms with Gasteiger partial charge in [-0.05, 0) is 38.0 Å². The van der Waals surface area contributed by atoms with E-state index < -0.39 is 34.5 Å². The summed E-state index contributed by atoms with van der Waals surface area (Å²) in [4.78, 5) is 35.7. The molecule has 1 atom stereocenters. The summed E-state index contributed by atoms with van der Waals surface area (Å²) >= 11 is 0. The molecule has 0 aliphatic heterocycles. The zero-order chi connectivity index (χ0) is 22.2. The average molecular weight is 428 g/mol. The highest BCUT2D eigenvalue weighted by atomic mass is 32.2. The van der Waals surface area contributed by atoms with Crippen LogP contribution >= 0.6 is 0 Å². The Bertz CT molecular complexity index is 850. The van der Waals surface area contributed by atoms with E-state index in [0.717, 1.165) is 0 Å². The molecule has 162 valence electrons. The van der Waals surface area contributed by atoms with Crippen molar-refractivity contribution < 1.29 is 27.5 Å². The van der Waals surface area contributed by atoms with Gasteiger partial charge in [0, 0.05) is 19.1 Å². The number of esters is 1. The third-order valence-corrected chi connectivity index (χ3v) is 6.40. The number of rotatable bonds is 9. The third kappa shape index (κ3) is 6.82. The Morgan fingerprint density at radius 2 is 1.76 bits per heavy atom. The normalized spacial score (nSPS) is 12.3. The molecule has 0 aliphatic carbocycles. The van der Waals surface area contributed by atoms with Gasteiger partial charge in [-0.25, -0.2) is 18.0 Å². The fraction of sp³-hybridized carbons (Fsp3) is 0.526. The molecule has 0 saturated heterocycles. The number of aryl methyl sites for hydroxylation is 1. The summed E-state index contributed by atoms with van der Waals surface area (Å²) in [6, 6.07) is 3.38. The molecule has 1 aromatic carbocycles. The molecule has 1 aromatic rings. The first-order chi connectivity index (χ1) is 13.6. The van der Waals surface area contributed by atoms with Crippen LogP contribution in [0.15, 0.2) is 23.1 Å². The number of benzene rings is 1. The third-order valence-electron chi connectivity index (χ3n) is 4.35. The summed E-state index contributed by atoms with van der Waals surface area (Å²) < 4.78 is 31.5. The predicted octanol–water partition coefficient (Wildman–Crippen LogP) is 1.81. The smallest absolute Gasteiger partial charge is 0.338 e. The first kappa shape index (κ1) is 24.6. The van der Waals surface area contributed by atoms with Crippen molar-refractivity contribution in [2.75, 3.05) is 19.7 Å². The topological polar surface area (TPSA) is 122 Å². The standard InChI is InChI=1S/C19H29N3O6S/c1-6-14(5)20-19(25)21-17(23)12-28-18(24)16-11-15(10-9-13(16)4)29(26,27)22(7-2)8-3/h9-11,14H,6-8,12H2,1-5H3,(H2,20,21,23,25)/t14-/m0/s1. The van der Waals surface area contributed by atoms with Gasteiger partial charge in [-0.1, -0.05) is 26.8 Å². The monoisotopic (exact) mass is 427 g/mol. The summed E-state index contributed by atoms with van der Waals surface area (Å²) in [5.74, 6) is -1.64. The maximum absolute atomic E-state index is 12.6. The largest absolute Gasteiger partial charge is 0.452 e. The van der Waals surface area contributed by atoms with E-state index in [2.05, 4.69) is 10.6 Å². The number of carbonyl (C=O) groups excluding carboxylic acids is 3. The van der Waals surface area contributed by atoms with Crippen molar-refractivity contribution in [2.45, 2.75) is 52.0 Å². The molecule has 10 heteroatoms. The number of urea groups is 1. The van der Waals surface area contributed by atoms with Crippen LogP contribution in [-0.4, -0.2) is 56.4 Å². The first-order valence-electron chi connectivity index (χ1n) is 9.44. The number of carbonyl (C=O) groups is 3. The number of nitrogens with one attached hydrogen (secondary N) is 2. The lowest BCUT2D eigenvalue weighted by Crippen LogP contribution is -2.44. The molecule has 9 nitrogen and oxygen atoms in total. The molecule has 3 amide bonds. The zero-order valence-corrected chi connectivity index (χ0v) is 18.3. The van der Waals surface area contributed by atoms with Crippen molar-refractivity contribution in [1.82, 2.24) is 14.9 Å². The molecule has 0 spiro atoms. The fourth-order valence-corrected chi connectivity index (χ4v) is 3.91. The van der Waals surface area contributed by atoms with Crippen LogP contribution in [-0.2, 0) is 19.6 Å². The number of ether oxygens (including phenoxy) is 1. The number of sulfonamides is 1. The Morgan fingerprint density at radius 1 is 1.14 bits per heavy atom. The zero-order valence-electron chi connectivity index (χ0n) is 17.4. The van der Waals surface area contributed by atoms with E-state index in [0.29, 0.717) is 25.1 Å². The van der Waals surface area contributed by atoms with Crippen molar-refractivity contribution >= 4 is 27.9 Å². The first-order valence-corrected chi connectivity index (χ1v) is 10.9. The average Bonchev–Trinajstić information content (AvgIpc) is 2.66. The second-order valence-electron chi connectivity index (χ2n) is 6.47. The van der Waals surface area contributed by atoms with Gasteiger partial charge in [0.05, 0.1) is 10.5 Å². The minimum Gasteiger partial charge on any atom is -0.452 e. The van der Waals surface area contributed by atoms with Crippen LogP contribution in [0.3, 0.4) is 0 Å². The number of nitrogens with zero attached hydrogens (tertiary/aromatic N) is 1. The molecule has 0 saturated carbocycles. The van der Waals surface area contributed by atoms with Gasteiger partial charge < -0.3 is 10.1 Å². The van der Waals surface area contributed by atoms with E-state index in [1.165, 1.54) is 22.5 Å². The van der Waals surface area contributed by atoms with Crippen molar-refractivity contribution in [1.29, 1.82) is 0 Å². The van der Waals surface area contributed by atoms with Crippen LogP contribution < -0.4 is 10.6 Å². The Kier molecular flexibility index (Phi) is 9.25. The molecule has 0 radical (unpaired) electrons. The van der Waals surface area contributed by atoms with Crippen LogP contribution in [0.25, 0.3) is 0 Å². The fourth-order valence-electron chi connectivity index (χ4n) is 2.43. The highest BCUT2D eigenvalue weighted by Crippen LogP contribution is 2.20. The minimum absolute atomic E-state index is 0.0314. The molecular formula is C19H29N3O6S. The van der Waals surface area contributed by atoms with Gasteiger partial charge in [0.25, 0.3) is 5.91 Å². The second-order valence-corrected chi connectivity index (χ2v) is 8.41. The summed E-state index contributed by atoms with van der Waals surface area (Å²) in [5.41, 5.74) is 0.540. The van der Waals surface area contributed by atoms with Gasteiger partial charge in [-0.15, -0.1) is 0 Å². The summed E-state index contributed by atoms with van der Waals surface area (Å²) in [6.07, 6.45) is 0.697. The minimum atomic E-state index is -3.74. The van der Waals surface area contributed by atoms with Gasteiger partial charge in [-0.2, -0.15) is 4.31 Å². The molecule has 0 aromatic heterocycles. The SMILES string of the molecule is CC[C@H](C)NC(=O)NC(=O)COC(=O)c1cc(S(=O)(=O)N(CC)CC)ccc1C. The van der Waals surface area contributed by atoms with Gasteiger partial charge in [0.1, 0.15) is 0 Å². The highest BCUT2D eigenvalue weighted by Gasteiger charge is 2.24. The number of imide groups is 1. The van der Waals surface area contributed by atoms with Crippen LogP contribution in [0.2, 0.25) is 0 Å². The van der Waals surface area contributed by atoms with Gasteiger partial charge in [-0.3, -0.25) is 10.1 Å². The van der Waals surface area contributed by atoms with Crippen LogP contribution in [0.4, 0.5) is 4.79 Å². The predicted molar refractivity (Wildman–Crippen MR) is 108 cm³/mol. The van der Waals surface area contributed by atoms with E-state index in [1.54, 1.807) is 27.7 Å². The van der Waals surface area contributed by atoms with E-state index in [4.69, 9.17) is 4.74 Å². The lowest BCUT2D eigenvalue weighted by Gasteiger charge is -2.19. The second kappa shape index (κ2) is 10.9. The van der Waals surface area contributed by atoms with Gasteiger partial charge >= 0.3 is 12.0 Å². The summed E-state index contributed by atoms with van der Waals surface area (Å²) in [6.45, 7) is 8.67. The van der Waals surface area contributed by atoms with E-state index in [-0.39, 0.29) is 16.5 Å². The maximum atomic E-state index is 12.6. The molecule has 29 heavy (non-hydrogen) atoms. The van der Waals surface area contributed by atoms with Gasteiger partial charge in [0.2, 0.25) is 10.0 Å². The van der Waals surface area contributed by atoms with Crippen molar-refractivity contribution in [2.24, 2.45) is 0 Å².